The second kappa shape index (κ2) is 5.95. The van der Waals surface area contributed by atoms with Crippen LogP contribution in [0.25, 0.3) is 5.69 Å². The Hall–Kier alpha value is -2.10. The van der Waals surface area contributed by atoms with E-state index in [0.29, 0.717) is 6.54 Å². The van der Waals surface area contributed by atoms with Gasteiger partial charge in [0.05, 0.1) is 11.4 Å². The molecule has 4 heteroatoms. The maximum Gasteiger partial charge on any atom is 0.227 e. The third-order valence-electron chi connectivity index (χ3n) is 3.83. The third kappa shape index (κ3) is 3.21. The second-order valence-electron chi connectivity index (χ2n) is 6.81. The van der Waals surface area contributed by atoms with Gasteiger partial charge in [-0.3, -0.25) is 4.79 Å². The van der Waals surface area contributed by atoms with E-state index < -0.39 is 0 Å². The molecular formula is C18H25N3O. The van der Waals surface area contributed by atoms with Crippen LogP contribution in [-0.4, -0.2) is 27.6 Å². The summed E-state index contributed by atoms with van der Waals surface area (Å²) in [6.45, 7) is 10.5. The van der Waals surface area contributed by atoms with Gasteiger partial charge in [-0.25, -0.2) is 4.68 Å². The third-order valence-corrected chi connectivity index (χ3v) is 3.83. The largest absolute Gasteiger partial charge is 0.341 e. The molecule has 0 unspecified atom stereocenters. The van der Waals surface area contributed by atoms with E-state index in [1.165, 1.54) is 0 Å². The minimum Gasteiger partial charge on any atom is -0.341 e. The Morgan fingerprint density at radius 3 is 2.32 bits per heavy atom. The molecule has 1 amide bonds. The van der Waals surface area contributed by atoms with Gasteiger partial charge >= 0.3 is 0 Å². The van der Waals surface area contributed by atoms with Gasteiger partial charge in [0.2, 0.25) is 5.91 Å². The molecular weight excluding hydrogens is 274 g/mol. The van der Waals surface area contributed by atoms with Crippen molar-refractivity contribution in [1.29, 1.82) is 0 Å². The van der Waals surface area contributed by atoms with Crippen LogP contribution in [-0.2, 0) is 11.3 Å². The number of nitrogens with zero attached hydrogens (tertiary/aromatic N) is 3. The number of carbonyl (C=O) groups excluding carboxylic acids is 1. The minimum atomic E-state index is -0.369. The Labute approximate surface area is 132 Å². The van der Waals surface area contributed by atoms with E-state index >= 15 is 0 Å². The molecule has 1 aromatic carbocycles. The van der Waals surface area contributed by atoms with Gasteiger partial charge in [0.1, 0.15) is 0 Å². The molecule has 0 aliphatic rings. The Kier molecular flexibility index (Phi) is 4.40. The highest BCUT2D eigenvalue weighted by atomic mass is 16.2. The lowest BCUT2D eigenvalue weighted by atomic mass is 9.94. The van der Waals surface area contributed by atoms with Crippen LogP contribution in [0.1, 0.15) is 37.7 Å². The van der Waals surface area contributed by atoms with Crippen molar-refractivity contribution in [2.75, 3.05) is 7.05 Å². The molecule has 1 heterocycles. The number of benzene rings is 1. The SMILES string of the molecule is Cc1nn(-c2ccccc2)c(C)c1CN(C)C(=O)C(C)(C)C. The topological polar surface area (TPSA) is 38.1 Å². The first kappa shape index (κ1) is 16.3. The smallest absolute Gasteiger partial charge is 0.227 e. The molecule has 0 N–H and O–H groups in total. The van der Waals surface area contributed by atoms with Crippen LogP contribution in [0.4, 0.5) is 0 Å². The van der Waals surface area contributed by atoms with Crippen LogP contribution < -0.4 is 0 Å². The highest BCUT2D eigenvalue weighted by Crippen LogP contribution is 2.22. The van der Waals surface area contributed by atoms with E-state index in [9.17, 15) is 4.79 Å². The molecule has 0 radical (unpaired) electrons. The highest BCUT2D eigenvalue weighted by molar-refractivity contribution is 5.81. The van der Waals surface area contributed by atoms with Crippen LogP contribution in [0.5, 0.6) is 0 Å². The molecule has 0 aliphatic heterocycles. The van der Waals surface area contributed by atoms with Crippen molar-refractivity contribution in [2.45, 2.75) is 41.2 Å². The van der Waals surface area contributed by atoms with E-state index in [0.717, 1.165) is 22.6 Å². The maximum absolute atomic E-state index is 12.4. The molecule has 118 valence electrons. The molecule has 0 fully saturated rings. The van der Waals surface area contributed by atoms with Crippen molar-refractivity contribution in [2.24, 2.45) is 5.41 Å². The summed E-state index contributed by atoms with van der Waals surface area (Å²) in [6, 6.07) is 10.1. The average Bonchev–Trinajstić information content (AvgIpc) is 2.74. The van der Waals surface area contributed by atoms with E-state index in [-0.39, 0.29) is 11.3 Å². The predicted molar refractivity (Wildman–Crippen MR) is 89.0 cm³/mol. The molecule has 0 spiro atoms. The van der Waals surface area contributed by atoms with Gasteiger partial charge in [0.25, 0.3) is 0 Å². The molecule has 0 saturated carbocycles. The lowest BCUT2D eigenvalue weighted by Crippen LogP contribution is -2.36. The van der Waals surface area contributed by atoms with Gasteiger partial charge in [0.15, 0.2) is 0 Å². The Morgan fingerprint density at radius 2 is 1.77 bits per heavy atom. The lowest BCUT2D eigenvalue weighted by Gasteiger charge is -2.26. The van der Waals surface area contributed by atoms with E-state index in [1.54, 1.807) is 4.90 Å². The van der Waals surface area contributed by atoms with E-state index in [4.69, 9.17) is 0 Å². The van der Waals surface area contributed by atoms with Crippen molar-refractivity contribution in [3.63, 3.8) is 0 Å². The summed E-state index contributed by atoms with van der Waals surface area (Å²) >= 11 is 0. The molecule has 0 saturated heterocycles. The van der Waals surface area contributed by atoms with Crippen molar-refractivity contribution >= 4 is 5.91 Å². The number of hydrogen-bond acceptors (Lipinski definition) is 2. The number of aryl methyl sites for hydroxylation is 1. The maximum atomic E-state index is 12.4. The van der Waals surface area contributed by atoms with Crippen molar-refractivity contribution in [3.8, 4) is 5.69 Å². The summed E-state index contributed by atoms with van der Waals surface area (Å²) in [5.41, 5.74) is 3.83. The lowest BCUT2D eigenvalue weighted by molar-refractivity contribution is -0.138. The van der Waals surface area contributed by atoms with E-state index in [2.05, 4.69) is 12.0 Å². The first-order chi connectivity index (χ1) is 10.2. The number of amides is 1. The summed E-state index contributed by atoms with van der Waals surface area (Å²) in [4.78, 5) is 14.2. The van der Waals surface area contributed by atoms with Crippen LogP contribution in [0, 0.1) is 19.3 Å². The summed E-state index contributed by atoms with van der Waals surface area (Å²) in [6.07, 6.45) is 0. The molecule has 2 rings (SSSR count). The van der Waals surface area contributed by atoms with Crippen LogP contribution in [0.15, 0.2) is 30.3 Å². The summed E-state index contributed by atoms with van der Waals surface area (Å²) in [5, 5.41) is 4.63. The Balaban J connectivity index is 2.30. The first-order valence-corrected chi connectivity index (χ1v) is 7.58. The van der Waals surface area contributed by atoms with Gasteiger partial charge < -0.3 is 4.90 Å². The molecule has 4 nitrogen and oxygen atoms in total. The van der Waals surface area contributed by atoms with Gasteiger partial charge in [-0.15, -0.1) is 0 Å². The van der Waals surface area contributed by atoms with Crippen LogP contribution in [0.3, 0.4) is 0 Å². The van der Waals surface area contributed by atoms with Crippen molar-refractivity contribution in [3.05, 3.63) is 47.3 Å². The van der Waals surface area contributed by atoms with Crippen LogP contribution in [0.2, 0.25) is 0 Å². The van der Waals surface area contributed by atoms with Gasteiger partial charge in [0, 0.05) is 30.3 Å². The monoisotopic (exact) mass is 299 g/mol. The van der Waals surface area contributed by atoms with Crippen LogP contribution >= 0.6 is 0 Å². The Morgan fingerprint density at radius 1 is 1.18 bits per heavy atom. The molecule has 22 heavy (non-hydrogen) atoms. The fourth-order valence-corrected chi connectivity index (χ4v) is 2.61. The van der Waals surface area contributed by atoms with Crippen molar-refractivity contribution in [1.82, 2.24) is 14.7 Å². The standard InChI is InChI=1S/C18H25N3O/c1-13-16(12-20(6)17(22)18(3,4)5)14(2)21(19-13)15-10-8-7-9-11-15/h7-11H,12H2,1-6H3. The number of hydrogen-bond donors (Lipinski definition) is 0. The number of carbonyl (C=O) groups is 1. The summed E-state index contributed by atoms with van der Waals surface area (Å²) < 4.78 is 1.94. The normalized spacial score (nSPS) is 11.5. The minimum absolute atomic E-state index is 0.138. The molecule has 0 atom stereocenters. The summed E-state index contributed by atoms with van der Waals surface area (Å²) in [5.74, 6) is 0.138. The predicted octanol–water partition coefficient (Wildman–Crippen LogP) is 3.49. The number of para-hydroxylation sites is 1. The fraction of sp³-hybridized carbons (Fsp3) is 0.444. The van der Waals surface area contributed by atoms with E-state index in [1.807, 2.05) is 69.8 Å². The average molecular weight is 299 g/mol. The highest BCUT2D eigenvalue weighted by Gasteiger charge is 2.26. The quantitative estimate of drug-likeness (QED) is 0.870. The van der Waals surface area contributed by atoms with Gasteiger partial charge in [-0.2, -0.15) is 5.10 Å². The molecule has 0 aliphatic carbocycles. The number of aromatic nitrogens is 2. The Bertz CT molecular complexity index is 666. The zero-order valence-electron chi connectivity index (χ0n) is 14.3. The van der Waals surface area contributed by atoms with Crippen molar-refractivity contribution < 1.29 is 4.79 Å². The fourth-order valence-electron chi connectivity index (χ4n) is 2.61. The number of rotatable bonds is 3. The molecule has 0 bridgehead atoms. The zero-order chi connectivity index (χ0) is 16.5. The second-order valence-corrected chi connectivity index (χ2v) is 6.81. The molecule has 2 aromatic rings. The first-order valence-electron chi connectivity index (χ1n) is 7.58. The molecule has 1 aromatic heterocycles. The van der Waals surface area contributed by atoms with Gasteiger partial charge in [-0.05, 0) is 26.0 Å². The van der Waals surface area contributed by atoms with Gasteiger partial charge in [-0.1, -0.05) is 39.0 Å². The zero-order valence-corrected chi connectivity index (χ0v) is 14.3. The summed E-state index contributed by atoms with van der Waals surface area (Å²) in [7, 11) is 1.85.